The van der Waals surface area contributed by atoms with Gasteiger partial charge in [-0.05, 0) is 73.5 Å². The van der Waals surface area contributed by atoms with Crippen molar-refractivity contribution < 1.29 is 10.2 Å². The maximum atomic E-state index is 10.8. The SMILES string of the molecule is Oc1cc2c(cc1Nc1cccc(Cl)c1O)C[C@@H]1NCC[C@]23CCCC[C@H]13. The number of halogens is 1. The maximum absolute atomic E-state index is 10.8. The summed E-state index contributed by atoms with van der Waals surface area (Å²) in [6.07, 6.45) is 7.26. The fourth-order valence-corrected chi connectivity index (χ4v) is 6.01. The first-order chi connectivity index (χ1) is 13.1. The number of fused-ring (bicyclic) bond motifs is 1. The standard InChI is InChI=1S/C22H25ClN2O2/c23-16-5-3-6-17(21(16)27)25-19-11-13-10-18-14-4-1-2-7-22(14,8-9-24-18)15(13)12-20(19)26/h3,5-6,11-12,14,18,24-27H,1-2,4,7-10H2/t14-,18+,22+/m1/s1. The topological polar surface area (TPSA) is 64.5 Å². The van der Waals surface area contributed by atoms with Crippen molar-refractivity contribution >= 4 is 23.0 Å². The average molecular weight is 385 g/mol. The lowest BCUT2D eigenvalue weighted by atomic mass is 9.53. The van der Waals surface area contributed by atoms with Crippen molar-refractivity contribution in [2.24, 2.45) is 5.92 Å². The zero-order valence-corrected chi connectivity index (χ0v) is 16.0. The Morgan fingerprint density at radius 2 is 2.00 bits per heavy atom. The van der Waals surface area contributed by atoms with E-state index in [9.17, 15) is 10.2 Å². The van der Waals surface area contributed by atoms with Gasteiger partial charge in [0.15, 0.2) is 5.75 Å². The molecule has 3 atom stereocenters. The monoisotopic (exact) mass is 384 g/mol. The number of anilines is 2. The van der Waals surface area contributed by atoms with Crippen LogP contribution in [0.1, 0.15) is 43.2 Å². The van der Waals surface area contributed by atoms with Crippen LogP contribution in [0.2, 0.25) is 5.02 Å². The van der Waals surface area contributed by atoms with E-state index in [2.05, 4.69) is 16.7 Å². The van der Waals surface area contributed by atoms with Gasteiger partial charge in [0, 0.05) is 11.5 Å². The molecule has 2 aliphatic carbocycles. The number of para-hydroxylation sites is 1. The van der Waals surface area contributed by atoms with E-state index in [0.717, 1.165) is 19.4 Å². The van der Waals surface area contributed by atoms with Gasteiger partial charge in [-0.2, -0.15) is 0 Å². The minimum absolute atomic E-state index is 0.000705. The summed E-state index contributed by atoms with van der Waals surface area (Å²) in [5, 5.41) is 28.2. The van der Waals surface area contributed by atoms with Crippen LogP contribution in [0.25, 0.3) is 0 Å². The first-order valence-corrected chi connectivity index (χ1v) is 10.3. The minimum Gasteiger partial charge on any atom is -0.506 e. The molecule has 142 valence electrons. The zero-order valence-electron chi connectivity index (χ0n) is 15.3. The fourth-order valence-electron chi connectivity index (χ4n) is 5.83. The number of aromatic hydroxyl groups is 2. The molecule has 1 saturated carbocycles. The van der Waals surface area contributed by atoms with E-state index in [-0.39, 0.29) is 16.9 Å². The quantitative estimate of drug-likeness (QED) is 0.559. The van der Waals surface area contributed by atoms with Crippen LogP contribution in [0, 0.1) is 5.92 Å². The molecule has 1 heterocycles. The molecule has 1 saturated heterocycles. The van der Waals surface area contributed by atoms with Crippen molar-refractivity contribution in [1.29, 1.82) is 0 Å². The third-order valence-corrected chi connectivity index (χ3v) is 7.32. The second-order valence-corrected chi connectivity index (χ2v) is 8.72. The molecule has 0 amide bonds. The first kappa shape index (κ1) is 17.2. The van der Waals surface area contributed by atoms with E-state index >= 15 is 0 Å². The van der Waals surface area contributed by atoms with Gasteiger partial charge < -0.3 is 20.8 Å². The highest BCUT2D eigenvalue weighted by molar-refractivity contribution is 6.32. The summed E-state index contributed by atoms with van der Waals surface area (Å²) in [5.74, 6) is 0.923. The third kappa shape index (κ3) is 2.61. The van der Waals surface area contributed by atoms with Crippen LogP contribution in [0.15, 0.2) is 30.3 Å². The number of nitrogens with one attached hydrogen (secondary N) is 2. The van der Waals surface area contributed by atoms with Gasteiger partial charge in [0.05, 0.1) is 16.4 Å². The van der Waals surface area contributed by atoms with Crippen LogP contribution in [0.4, 0.5) is 11.4 Å². The Bertz CT molecular complexity index is 896. The summed E-state index contributed by atoms with van der Waals surface area (Å²) in [6, 6.07) is 9.76. The van der Waals surface area contributed by atoms with Gasteiger partial charge in [-0.25, -0.2) is 0 Å². The largest absolute Gasteiger partial charge is 0.506 e. The number of benzene rings is 2. The summed E-state index contributed by atoms with van der Waals surface area (Å²) < 4.78 is 0. The molecular weight excluding hydrogens is 360 g/mol. The molecule has 4 nitrogen and oxygen atoms in total. The molecule has 2 aromatic carbocycles. The van der Waals surface area contributed by atoms with Crippen LogP contribution in [0.5, 0.6) is 11.5 Å². The first-order valence-electron chi connectivity index (χ1n) is 9.93. The van der Waals surface area contributed by atoms with Crippen molar-refractivity contribution in [3.63, 3.8) is 0 Å². The molecule has 3 aliphatic rings. The second kappa shape index (κ2) is 6.32. The number of piperidine rings is 1. The predicted molar refractivity (Wildman–Crippen MR) is 108 cm³/mol. The Hall–Kier alpha value is -1.91. The van der Waals surface area contributed by atoms with Gasteiger partial charge >= 0.3 is 0 Å². The number of rotatable bonds is 2. The van der Waals surface area contributed by atoms with E-state index in [4.69, 9.17) is 11.6 Å². The Labute approximate surface area is 164 Å². The summed E-state index contributed by atoms with van der Waals surface area (Å²) >= 11 is 6.01. The van der Waals surface area contributed by atoms with E-state index in [1.807, 2.05) is 6.07 Å². The summed E-state index contributed by atoms with van der Waals surface area (Å²) in [5.41, 5.74) is 4.00. The molecule has 27 heavy (non-hydrogen) atoms. The van der Waals surface area contributed by atoms with Crippen molar-refractivity contribution in [2.75, 3.05) is 11.9 Å². The predicted octanol–water partition coefficient (Wildman–Crippen LogP) is 4.84. The number of phenolic OH excluding ortho intramolecular Hbond substituents is 2. The molecule has 2 aromatic rings. The van der Waals surface area contributed by atoms with Crippen molar-refractivity contribution in [2.45, 2.75) is 50.0 Å². The highest BCUT2D eigenvalue weighted by atomic mass is 35.5. The Kier molecular flexibility index (Phi) is 4.03. The van der Waals surface area contributed by atoms with E-state index < -0.39 is 0 Å². The lowest BCUT2D eigenvalue weighted by Crippen LogP contribution is -2.59. The van der Waals surface area contributed by atoms with E-state index in [1.165, 1.54) is 36.8 Å². The Morgan fingerprint density at radius 1 is 1.11 bits per heavy atom. The van der Waals surface area contributed by atoms with Crippen LogP contribution < -0.4 is 10.6 Å². The van der Waals surface area contributed by atoms with Gasteiger partial charge in [0.25, 0.3) is 0 Å². The number of hydrogen-bond acceptors (Lipinski definition) is 4. The van der Waals surface area contributed by atoms with Gasteiger partial charge in [-0.15, -0.1) is 0 Å². The van der Waals surface area contributed by atoms with Crippen LogP contribution in [-0.2, 0) is 11.8 Å². The minimum atomic E-state index is 0.000705. The maximum Gasteiger partial charge on any atom is 0.157 e. The summed E-state index contributed by atoms with van der Waals surface area (Å²) in [7, 11) is 0. The average Bonchev–Trinajstić information content (AvgIpc) is 2.67. The van der Waals surface area contributed by atoms with Crippen molar-refractivity contribution in [3.8, 4) is 11.5 Å². The third-order valence-electron chi connectivity index (χ3n) is 7.02. The molecule has 4 N–H and O–H groups in total. The van der Waals surface area contributed by atoms with E-state index in [0.29, 0.717) is 28.4 Å². The molecule has 0 spiro atoms. The highest BCUT2D eigenvalue weighted by Crippen LogP contribution is 2.55. The number of hydrogen-bond donors (Lipinski definition) is 4. The van der Waals surface area contributed by atoms with Gasteiger partial charge in [-0.1, -0.05) is 30.5 Å². The zero-order chi connectivity index (χ0) is 18.6. The molecule has 2 bridgehead atoms. The molecule has 2 fully saturated rings. The van der Waals surface area contributed by atoms with Crippen molar-refractivity contribution in [3.05, 3.63) is 46.5 Å². The van der Waals surface area contributed by atoms with Crippen molar-refractivity contribution in [1.82, 2.24) is 5.32 Å². The molecule has 0 unspecified atom stereocenters. The molecule has 0 radical (unpaired) electrons. The molecular formula is C22H25ClN2O2. The van der Waals surface area contributed by atoms with Gasteiger partial charge in [0.2, 0.25) is 0 Å². The Balaban J connectivity index is 1.57. The van der Waals surface area contributed by atoms with Gasteiger partial charge in [0.1, 0.15) is 5.75 Å². The van der Waals surface area contributed by atoms with Crippen LogP contribution >= 0.6 is 11.6 Å². The molecule has 5 heteroatoms. The molecule has 1 aliphatic heterocycles. The number of phenols is 2. The van der Waals surface area contributed by atoms with Gasteiger partial charge in [-0.3, -0.25) is 0 Å². The second-order valence-electron chi connectivity index (χ2n) is 8.31. The van der Waals surface area contributed by atoms with Crippen LogP contribution in [-0.4, -0.2) is 22.8 Å². The fraction of sp³-hybridized carbons (Fsp3) is 0.455. The van der Waals surface area contributed by atoms with Crippen LogP contribution in [0.3, 0.4) is 0 Å². The van der Waals surface area contributed by atoms with E-state index in [1.54, 1.807) is 18.2 Å². The summed E-state index contributed by atoms with van der Waals surface area (Å²) in [6.45, 7) is 1.07. The molecule has 0 aromatic heterocycles. The lowest BCUT2D eigenvalue weighted by Gasteiger charge is -2.56. The lowest BCUT2D eigenvalue weighted by molar-refractivity contribution is 0.0796. The normalized spacial score (nSPS) is 28.9. The molecule has 5 rings (SSSR count). The Morgan fingerprint density at radius 3 is 2.89 bits per heavy atom. The smallest absolute Gasteiger partial charge is 0.157 e. The summed E-state index contributed by atoms with van der Waals surface area (Å²) in [4.78, 5) is 0. The highest BCUT2D eigenvalue weighted by Gasteiger charge is 2.51.